The maximum Gasteiger partial charge on any atom is 0.0314 e. The summed E-state index contributed by atoms with van der Waals surface area (Å²) in [4.78, 5) is 0. The first-order valence-electron chi connectivity index (χ1n) is 12.5. The van der Waals surface area contributed by atoms with Gasteiger partial charge in [-0.2, -0.15) is 0 Å². The molecular formula is C32H36N2. The molecule has 0 aliphatic heterocycles. The van der Waals surface area contributed by atoms with Crippen LogP contribution in [0.3, 0.4) is 0 Å². The lowest BCUT2D eigenvalue weighted by Crippen LogP contribution is -1.92. The molecule has 2 nitrogen and oxygen atoms in total. The van der Waals surface area contributed by atoms with Crippen LogP contribution >= 0.6 is 0 Å². The molecule has 0 amide bonds. The molecule has 0 aliphatic rings. The van der Waals surface area contributed by atoms with E-state index < -0.39 is 0 Å². The zero-order valence-electron chi connectivity index (χ0n) is 20.0. The largest absolute Gasteiger partial charge is 0.399 e. The first-order chi connectivity index (χ1) is 16.6. The van der Waals surface area contributed by atoms with Gasteiger partial charge in [-0.3, -0.25) is 0 Å². The molecule has 2 heteroatoms. The minimum absolute atomic E-state index is 0.822. The third-order valence-corrected chi connectivity index (χ3v) is 6.50. The predicted molar refractivity (Wildman–Crippen MR) is 146 cm³/mol. The highest BCUT2D eigenvalue weighted by Gasteiger charge is 2.01. The van der Waals surface area contributed by atoms with E-state index >= 15 is 0 Å². The summed E-state index contributed by atoms with van der Waals surface area (Å²) < 4.78 is 0. The van der Waals surface area contributed by atoms with Crippen LogP contribution in [0.25, 0.3) is 0 Å². The van der Waals surface area contributed by atoms with Crippen molar-refractivity contribution in [2.45, 2.75) is 51.4 Å². The van der Waals surface area contributed by atoms with E-state index in [0.717, 1.165) is 24.2 Å². The van der Waals surface area contributed by atoms with Crippen molar-refractivity contribution in [1.82, 2.24) is 0 Å². The second-order valence-electron chi connectivity index (χ2n) is 9.38. The lowest BCUT2D eigenvalue weighted by molar-refractivity contribution is 0.640. The first-order valence-corrected chi connectivity index (χ1v) is 12.5. The third-order valence-electron chi connectivity index (χ3n) is 6.50. The Kier molecular flexibility index (Phi) is 8.40. The molecule has 0 heterocycles. The molecule has 0 unspecified atom stereocenters. The zero-order valence-corrected chi connectivity index (χ0v) is 20.0. The number of nitrogens with two attached hydrogens (primary N) is 2. The number of unbranched alkanes of at least 4 members (excludes halogenated alkanes) is 3. The zero-order chi connectivity index (χ0) is 23.6. The molecule has 174 valence electrons. The Hall–Kier alpha value is -3.52. The van der Waals surface area contributed by atoms with Crippen LogP contribution in [0.4, 0.5) is 11.4 Å². The van der Waals surface area contributed by atoms with Gasteiger partial charge in [-0.1, -0.05) is 85.6 Å². The van der Waals surface area contributed by atoms with E-state index in [9.17, 15) is 0 Å². The summed E-state index contributed by atoms with van der Waals surface area (Å²) in [6, 6.07) is 34.6. The molecule has 4 rings (SSSR count). The molecule has 4 aromatic carbocycles. The van der Waals surface area contributed by atoms with Gasteiger partial charge < -0.3 is 11.5 Å². The minimum Gasteiger partial charge on any atom is -0.399 e. The standard InChI is InChI=1S/C32H36N2/c33-31-19-15-29(16-20-31)23-27-11-7-25(8-12-27)5-3-1-2-4-6-26-9-13-28(14-10-26)24-30-17-21-32(34)22-18-30/h7-22H,1-6,23-24,33-34H2. The molecule has 0 spiro atoms. The summed E-state index contributed by atoms with van der Waals surface area (Å²) in [6.07, 6.45) is 9.37. The molecule has 0 aliphatic carbocycles. The number of benzene rings is 4. The summed E-state index contributed by atoms with van der Waals surface area (Å²) in [6.45, 7) is 0. The highest BCUT2D eigenvalue weighted by molar-refractivity contribution is 5.41. The number of hydrogen-bond donors (Lipinski definition) is 2. The molecular weight excluding hydrogens is 412 g/mol. The molecule has 0 fully saturated rings. The van der Waals surface area contributed by atoms with E-state index in [1.165, 1.54) is 71.9 Å². The van der Waals surface area contributed by atoms with E-state index in [2.05, 4.69) is 72.8 Å². The van der Waals surface area contributed by atoms with Gasteiger partial charge in [0.2, 0.25) is 0 Å². The number of hydrogen-bond acceptors (Lipinski definition) is 2. The van der Waals surface area contributed by atoms with Crippen LogP contribution in [0.5, 0.6) is 0 Å². The van der Waals surface area contributed by atoms with Gasteiger partial charge in [-0.25, -0.2) is 0 Å². The summed E-state index contributed by atoms with van der Waals surface area (Å²) in [5.41, 5.74) is 21.4. The summed E-state index contributed by atoms with van der Waals surface area (Å²) >= 11 is 0. The maximum absolute atomic E-state index is 5.78. The molecule has 4 aromatic rings. The van der Waals surface area contributed by atoms with Crippen LogP contribution in [0.1, 0.15) is 59.1 Å². The Morgan fingerprint density at radius 1 is 0.324 bits per heavy atom. The van der Waals surface area contributed by atoms with Crippen molar-refractivity contribution < 1.29 is 0 Å². The minimum atomic E-state index is 0.822. The Labute approximate surface area is 204 Å². The fourth-order valence-electron chi connectivity index (χ4n) is 4.40. The number of anilines is 2. The van der Waals surface area contributed by atoms with Crippen molar-refractivity contribution in [3.8, 4) is 0 Å². The first kappa shape index (κ1) is 23.6. The molecule has 0 bridgehead atoms. The number of nitrogen functional groups attached to an aromatic ring is 2. The molecule has 0 radical (unpaired) electrons. The molecule has 0 saturated carbocycles. The van der Waals surface area contributed by atoms with Crippen LogP contribution in [0.2, 0.25) is 0 Å². The van der Waals surface area contributed by atoms with E-state index in [4.69, 9.17) is 11.5 Å². The van der Waals surface area contributed by atoms with Crippen LogP contribution in [0.15, 0.2) is 97.1 Å². The quantitative estimate of drug-likeness (QED) is 0.186. The monoisotopic (exact) mass is 448 g/mol. The van der Waals surface area contributed by atoms with Gasteiger partial charge in [-0.15, -0.1) is 0 Å². The highest BCUT2D eigenvalue weighted by atomic mass is 14.5. The molecule has 0 atom stereocenters. The smallest absolute Gasteiger partial charge is 0.0314 e. The molecule has 4 N–H and O–H groups in total. The number of rotatable bonds is 11. The van der Waals surface area contributed by atoms with Crippen LogP contribution in [-0.4, -0.2) is 0 Å². The fraction of sp³-hybridized carbons (Fsp3) is 0.250. The average Bonchev–Trinajstić information content (AvgIpc) is 2.86. The second kappa shape index (κ2) is 12.1. The molecule has 0 aromatic heterocycles. The van der Waals surface area contributed by atoms with Gasteiger partial charge >= 0.3 is 0 Å². The Morgan fingerprint density at radius 2 is 0.588 bits per heavy atom. The van der Waals surface area contributed by atoms with Crippen molar-refractivity contribution in [3.05, 3.63) is 130 Å². The van der Waals surface area contributed by atoms with Gasteiger partial charge in [0.1, 0.15) is 0 Å². The van der Waals surface area contributed by atoms with Crippen molar-refractivity contribution in [2.75, 3.05) is 11.5 Å². The van der Waals surface area contributed by atoms with Crippen LogP contribution in [-0.2, 0) is 25.7 Å². The molecule has 34 heavy (non-hydrogen) atoms. The normalized spacial score (nSPS) is 10.9. The van der Waals surface area contributed by atoms with E-state index in [1.54, 1.807) is 0 Å². The van der Waals surface area contributed by atoms with Gasteiger partial charge in [-0.05, 0) is 96.2 Å². The SMILES string of the molecule is Nc1ccc(Cc2ccc(CCCCCCc3ccc(Cc4ccc(N)cc4)cc3)cc2)cc1. The summed E-state index contributed by atoms with van der Waals surface area (Å²) in [7, 11) is 0. The fourth-order valence-corrected chi connectivity index (χ4v) is 4.40. The Morgan fingerprint density at radius 3 is 0.912 bits per heavy atom. The van der Waals surface area contributed by atoms with E-state index in [1.807, 2.05) is 24.3 Å². The lowest BCUT2D eigenvalue weighted by Gasteiger charge is -2.07. The lowest BCUT2D eigenvalue weighted by atomic mass is 9.99. The van der Waals surface area contributed by atoms with Crippen LogP contribution in [0, 0.1) is 0 Å². The maximum atomic E-state index is 5.78. The van der Waals surface area contributed by atoms with Gasteiger partial charge in [0.05, 0.1) is 0 Å². The summed E-state index contributed by atoms with van der Waals surface area (Å²) in [5, 5.41) is 0. The van der Waals surface area contributed by atoms with Crippen molar-refractivity contribution in [1.29, 1.82) is 0 Å². The number of aryl methyl sites for hydroxylation is 2. The van der Waals surface area contributed by atoms with Gasteiger partial charge in [0.15, 0.2) is 0 Å². The van der Waals surface area contributed by atoms with Gasteiger partial charge in [0.25, 0.3) is 0 Å². The van der Waals surface area contributed by atoms with E-state index in [-0.39, 0.29) is 0 Å². The van der Waals surface area contributed by atoms with Gasteiger partial charge in [0, 0.05) is 11.4 Å². The third kappa shape index (κ3) is 7.52. The topological polar surface area (TPSA) is 52.0 Å². The van der Waals surface area contributed by atoms with Crippen molar-refractivity contribution in [2.24, 2.45) is 0 Å². The van der Waals surface area contributed by atoms with Crippen molar-refractivity contribution >= 4 is 11.4 Å². The highest BCUT2D eigenvalue weighted by Crippen LogP contribution is 2.16. The van der Waals surface area contributed by atoms with Crippen molar-refractivity contribution in [3.63, 3.8) is 0 Å². The predicted octanol–water partition coefficient (Wildman–Crippen LogP) is 7.38. The average molecular weight is 449 g/mol. The molecule has 0 saturated heterocycles. The Balaban J connectivity index is 1.11. The van der Waals surface area contributed by atoms with Crippen LogP contribution < -0.4 is 11.5 Å². The second-order valence-corrected chi connectivity index (χ2v) is 9.38. The van der Waals surface area contributed by atoms with E-state index in [0.29, 0.717) is 0 Å². The summed E-state index contributed by atoms with van der Waals surface area (Å²) in [5.74, 6) is 0. The Bertz CT molecular complexity index is 1030.